The fraction of sp³-hybridized carbons (Fsp3) is 0.718. The molecule has 13 N–H and O–H groups in total. The van der Waals surface area contributed by atoms with E-state index in [1.807, 2.05) is 13.8 Å². The number of amides is 10. The van der Waals surface area contributed by atoms with Crippen LogP contribution in [-0.2, 0) is 52.7 Å². The van der Waals surface area contributed by atoms with Crippen molar-refractivity contribution in [2.75, 3.05) is 32.7 Å². The second-order valence-corrected chi connectivity index (χ2v) is 16.2. The summed E-state index contributed by atoms with van der Waals surface area (Å²) < 4.78 is 0. The zero-order chi connectivity index (χ0) is 47.3. The third-order valence-electron chi connectivity index (χ3n) is 9.89. The Labute approximate surface area is 361 Å². The number of hydrogen-bond donors (Lipinski definition) is 11. The molecular formula is C39H67N11O12. The van der Waals surface area contributed by atoms with E-state index < -0.39 is 121 Å². The maximum absolute atomic E-state index is 13.4. The first kappa shape index (κ1) is 54.1. The lowest BCUT2D eigenvalue weighted by atomic mass is 9.98. The van der Waals surface area contributed by atoms with Gasteiger partial charge in [0.2, 0.25) is 59.1 Å². The zero-order valence-electron chi connectivity index (χ0n) is 36.7. The molecule has 10 amide bonds. The van der Waals surface area contributed by atoms with Gasteiger partial charge < -0.3 is 64.0 Å². The Morgan fingerprint density at radius 3 is 1.71 bits per heavy atom. The summed E-state index contributed by atoms with van der Waals surface area (Å²) in [5, 5.41) is 28.5. The molecule has 1 rings (SSSR count). The predicted octanol–water partition coefficient (Wildman–Crippen LogP) is -3.78. The number of aliphatic carboxylic acids is 1. The second kappa shape index (κ2) is 27.2. The van der Waals surface area contributed by atoms with Crippen LogP contribution in [0.4, 0.5) is 0 Å². The second-order valence-electron chi connectivity index (χ2n) is 16.2. The minimum Gasteiger partial charge on any atom is -0.480 e. The number of nitrogens with zero attached hydrogens (tertiary/aromatic N) is 1. The smallest absolute Gasteiger partial charge is 0.322 e. The van der Waals surface area contributed by atoms with Crippen LogP contribution < -0.4 is 54.0 Å². The number of nitrogens with one attached hydrogen (secondary N) is 8. The molecule has 0 aromatic carbocycles. The van der Waals surface area contributed by atoms with Gasteiger partial charge in [0.25, 0.3) is 0 Å². The molecule has 7 atom stereocenters. The predicted molar refractivity (Wildman–Crippen MR) is 223 cm³/mol. The van der Waals surface area contributed by atoms with Crippen molar-refractivity contribution in [3.63, 3.8) is 0 Å². The number of carboxylic acid groups (broad SMARTS) is 1. The lowest BCUT2D eigenvalue weighted by molar-refractivity contribution is -0.139. The van der Waals surface area contributed by atoms with Gasteiger partial charge in [-0.1, -0.05) is 48.0 Å². The van der Waals surface area contributed by atoms with E-state index in [4.69, 9.17) is 16.6 Å². The average molecular weight is 882 g/mol. The van der Waals surface area contributed by atoms with Crippen molar-refractivity contribution < 1.29 is 57.8 Å². The zero-order valence-corrected chi connectivity index (χ0v) is 36.7. The fourth-order valence-corrected chi connectivity index (χ4v) is 6.39. The van der Waals surface area contributed by atoms with E-state index in [0.717, 1.165) is 0 Å². The highest BCUT2D eigenvalue weighted by molar-refractivity contribution is 5.97. The molecule has 1 fully saturated rings. The first-order valence-corrected chi connectivity index (χ1v) is 20.8. The Morgan fingerprint density at radius 2 is 1.19 bits per heavy atom. The van der Waals surface area contributed by atoms with Gasteiger partial charge in [0.05, 0.1) is 19.6 Å². The molecule has 62 heavy (non-hydrogen) atoms. The molecule has 350 valence electrons. The summed E-state index contributed by atoms with van der Waals surface area (Å²) in [6.45, 7) is 10.2. The Balaban J connectivity index is 2.88. The fourth-order valence-electron chi connectivity index (χ4n) is 6.39. The number of primary amides is 1. The Morgan fingerprint density at radius 1 is 0.661 bits per heavy atom. The van der Waals surface area contributed by atoms with E-state index in [1.165, 1.54) is 11.8 Å². The van der Waals surface area contributed by atoms with Crippen LogP contribution in [-0.4, -0.2) is 144 Å². The molecule has 0 aromatic rings. The van der Waals surface area contributed by atoms with Crippen molar-refractivity contribution >= 4 is 65.0 Å². The molecule has 1 heterocycles. The Kier molecular flexibility index (Phi) is 23.7. The highest BCUT2D eigenvalue weighted by atomic mass is 16.4. The number of nitrogens with two attached hydrogens (primary N) is 2. The molecule has 0 aliphatic carbocycles. The van der Waals surface area contributed by atoms with Gasteiger partial charge in [-0.05, 0) is 56.8 Å². The molecular weight excluding hydrogens is 814 g/mol. The maximum atomic E-state index is 13.4. The summed E-state index contributed by atoms with van der Waals surface area (Å²) in [5.74, 6) is -9.01. The van der Waals surface area contributed by atoms with E-state index in [-0.39, 0.29) is 50.0 Å². The average Bonchev–Trinajstić information content (AvgIpc) is 3.70. The summed E-state index contributed by atoms with van der Waals surface area (Å²) in [7, 11) is 0. The van der Waals surface area contributed by atoms with Gasteiger partial charge >= 0.3 is 5.97 Å². The number of hydrogen-bond acceptors (Lipinski definition) is 12. The van der Waals surface area contributed by atoms with Gasteiger partial charge in [-0.25, -0.2) is 0 Å². The molecule has 0 radical (unpaired) electrons. The Hall–Kier alpha value is -5.87. The molecule has 0 unspecified atom stereocenters. The standard InChI is InChI=1S/C39H67N11O12/c1-8-22(6)33(49-30(53)18-43-35(58)26(15-21(4)5)48-38(61)27-10-9-13-50(27)31(54)16-40)39(62)45-23(7)34(57)42-17-29(52)46-24(11-12-28(41)51)37(60)47-25(14-20(2)3)36(59)44-19-32(55)56/h20-27,33H,8-19,40H2,1-7H3,(H2,41,51)(H,42,57)(H,43,58)(H,44,59)(H,45,62)(H,46,52)(H,47,60)(H,48,61)(H,49,53)(H,55,56)/t22-,23-,24-,25-,26-,27-,33-/m0/s1. The molecule has 23 nitrogen and oxygen atoms in total. The van der Waals surface area contributed by atoms with E-state index in [2.05, 4.69) is 42.5 Å². The summed E-state index contributed by atoms with van der Waals surface area (Å²) in [4.78, 5) is 140. The number of rotatable bonds is 27. The Bertz CT molecular complexity index is 1630. The topological polar surface area (TPSA) is 360 Å². The van der Waals surface area contributed by atoms with Crippen molar-refractivity contribution in [2.24, 2.45) is 29.2 Å². The molecule has 1 saturated heterocycles. The summed E-state index contributed by atoms with van der Waals surface area (Å²) in [5.41, 5.74) is 10.7. The molecule has 0 spiro atoms. The van der Waals surface area contributed by atoms with Gasteiger partial charge in [0, 0.05) is 13.0 Å². The van der Waals surface area contributed by atoms with Gasteiger partial charge in [0.1, 0.15) is 42.8 Å². The van der Waals surface area contributed by atoms with Crippen LogP contribution in [0.15, 0.2) is 0 Å². The minimum absolute atomic E-state index is 0.0308. The lowest BCUT2D eigenvalue weighted by Gasteiger charge is -2.27. The largest absolute Gasteiger partial charge is 0.480 e. The van der Waals surface area contributed by atoms with Crippen molar-refractivity contribution in [2.45, 2.75) is 130 Å². The summed E-state index contributed by atoms with van der Waals surface area (Å²) >= 11 is 0. The van der Waals surface area contributed by atoms with Crippen LogP contribution in [0.25, 0.3) is 0 Å². The third-order valence-corrected chi connectivity index (χ3v) is 9.89. The highest BCUT2D eigenvalue weighted by Gasteiger charge is 2.36. The summed E-state index contributed by atoms with van der Waals surface area (Å²) in [6, 6.07) is -6.74. The van der Waals surface area contributed by atoms with Gasteiger partial charge in [-0.3, -0.25) is 52.7 Å². The van der Waals surface area contributed by atoms with Crippen LogP contribution in [0.2, 0.25) is 0 Å². The molecule has 0 aromatic heterocycles. The van der Waals surface area contributed by atoms with Gasteiger partial charge in [-0.2, -0.15) is 0 Å². The number of likely N-dealkylation sites (tertiary alicyclic amines) is 1. The van der Waals surface area contributed by atoms with Crippen molar-refractivity contribution in [1.29, 1.82) is 0 Å². The first-order valence-electron chi connectivity index (χ1n) is 20.8. The molecule has 23 heteroatoms. The monoisotopic (exact) mass is 881 g/mol. The van der Waals surface area contributed by atoms with E-state index in [9.17, 15) is 52.7 Å². The van der Waals surface area contributed by atoms with Crippen LogP contribution in [0.1, 0.15) is 93.4 Å². The van der Waals surface area contributed by atoms with E-state index in [1.54, 1.807) is 27.7 Å². The van der Waals surface area contributed by atoms with Crippen LogP contribution in [0.3, 0.4) is 0 Å². The van der Waals surface area contributed by atoms with Crippen LogP contribution in [0, 0.1) is 17.8 Å². The lowest BCUT2D eigenvalue weighted by Crippen LogP contribution is -2.58. The highest BCUT2D eigenvalue weighted by Crippen LogP contribution is 2.18. The number of carbonyl (C=O) groups is 11. The maximum Gasteiger partial charge on any atom is 0.322 e. The summed E-state index contributed by atoms with van der Waals surface area (Å²) in [6.07, 6.45) is 1.19. The minimum atomic E-state index is -1.38. The van der Waals surface area contributed by atoms with Crippen LogP contribution in [0.5, 0.6) is 0 Å². The van der Waals surface area contributed by atoms with E-state index >= 15 is 0 Å². The van der Waals surface area contributed by atoms with Crippen molar-refractivity contribution in [1.82, 2.24) is 47.4 Å². The number of carboxylic acids is 1. The SMILES string of the molecule is CC[C@H](C)[C@H](NC(=O)CNC(=O)[C@H](CC(C)C)NC(=O)[C@@H]1CCCN1C(=O)CN)C(=O)N[C@@H](C)C(=O)NCC(=O)N[C@@H](CCC(N)=O)C(=O)N[C@@H](CC(C)C)C(=O)NCC(=O)O. The quantitative estimate of drug-likeness (QED) is 0.0378. The van der Waals surface area contributed by atoms with Gasteiger partial charge in [-0.15, -0.1) is 0 Å². The van der Waals surface area contributed by atoms with Crippen molar-refractivity contribution in [3.8, 4) is 0 Å². The van der Waals surface area contributed by atoms with Gasteiger partial charge in [0.15, 0.2) is 0 Å². The van der Waals surface area contributed by atoms with E-state index in [0.29, 0.717) is 25.8 Å². The molecule has 1 aliphatic rings. The first-order chi connectivity index (χ1) is 29.0. The molecule has 1 aliphatic heterocycles. The molecule has 0 saturated carbocycles. The van der Waals surface area contributed by atoms with Crippen LogP contribution >= 0.6 is 0 Å². The third kappa shape index (κ3) is 19.7. The number of carbonyl (C=O) groups excluding carboxylic acids is 10. The molecule has 0 bridgehead atoms. The normalized spacial score (nSPS) is 16.4. The van der Waals surface area contributed by atoms with Crippen molar-refractivity contribution in [3.05, 3.63) is 0 Å².